The van der Waals surface area contributed by atoms with Gasteiger partial charge in [-0.2, -0.15) is 0 Å². The predicted molar refractivity (Wildman–Crippen MR) is 53.2 cm³/mol. The van der Waals surface area contributed by atoms with Gasteiger partial charge in [0.25, 0.3) is 5.56 Å². The third kappa shape index (κ3) is 1.38. The summed E-state index contributed by atoms with van der Waals surface area (Å²) in [6.07, 6.45) is 2.69. The van der Waals surface area contributed by atoms with Crippen LogP contribution in [0.2, 0.25) is 0 Å². The number of carbonyl (C=O) groups is 1. The topological polar surface area (TPSA) is 105 Å². The molecule has 0 atom stereocenters. The summed E-state index contributed by atoms with van der Waals surface area (Å²) < 4.78 is 4.38. The molecule has 0 aliphatic rings. The number of ether oxygens (including phenoxy) is 1. The number of nitrogens with zero attached hydrogens (tertiary/aromatic N) is 2. The summed E-state index contributed by atoms with van der Waals surface area (Å²) in [6.45, 7) is 0. The molecule has 2 rings (SSSR count). The minimum atomic E-state index is -0.925. The fourth-order valence-corrected chi connectivity index (χ4v) is 1.29. The molecule has 2 heterocycles. The number of aromatic hydroxyl groups is 1. The molecule has 0 radical (unpaired) electrons. The molecule has 16 heavy (non-hydrogen) atoms. The molecule has 2 aromatic heterocycles. The zero-order valence-electron chi connectivity index (χ0n) is 8.22. The van der Waals surface area contributed by atoms with Gasteiger partial charge in [0.05, 0.1) is 7.11 Å². The van der Waals surface area contributed by atoms with E-state index >= 15 is 0 Å². The standard InChI is InChI=1S/C9H7N3O4/c1-16-9(15)4-6(13)5-7(12-8(4)14)11-3-2-10-5/h2-3H,1H3,(H2,11,12,13,14). The number of hydrogen-bond donors (Lipinski definition) is 2. The van der Waals surface area contributed by atoms with Crippen LogP contribution in [0.3, 0.4) is 0 Å². The number of rotatable bonds is 1. The van der Waals surface area contributed by atoms with Crippen molar-refractivity contribution in [1.29, 1.82) is 0 Å². The van der Waals surface area contributed by atoms with E-state index in [9.17, 15) is 14.7 Å². The van der Waals surface area contributed by atoms with Gasteiger partial charge in [0.15, 0.2) is 17.0 Å². The fourth-order valence-electron chi connectivity index (χ4n) is 1.29. The molecule has 0 aromatic carbocycles. The average Bonchev–Trinajstić information content (AvgIpc) is 2.28. The van der Waals surface area contributed by atoms with Crippen LogP contribution in [0.5, 0.6) is 5.75 Å². The molecule has 0 fully saturated rings. The minimum absolute atomic E-state index is 0.0440. The molecule has 0 aliphatic heterocycles. The third-order valence-electron chi connectivity index (χ3n) is 2.01. The summed E-state index contributed by atoms with van der Waals surface area (Å²) in [5, 5.41) is 9.71. The van der Waals surface area contributed by atoms with Crippen molar-refractivity contribution in [2.75, 3.05) is 7.11 Å². The lowest BCUT2D eigenvalue weighted by molar-refractivity contribution is 0.0595. The van der Waals surface area contributed by atoms with Crippen molar-refractivity contribution in [2.24, 2.45) is 0 Å². The largest absolute Gasteiger partial charge is 0.505 e. The number of hydrogen-bond acceptors (Lipinski definition) is 6. The SMILES string of the molecule is COC(=O)c1c(O)c2nccnc2[nH]c1=O. The second kappa shape index (κ2) is 3.61. The zero-order chi connectivity index (χ0) is 11.7. The maximum atomic E-state index is 11.5. The lowest BCUT2D eigenvalue weighted by Gasteiger charge is -2.03. The van der Waals surface area contributed by atoms with Crippen LogP contribution >= 0.6 is 0 Å². The molecule has 2 N–H and O–H groups in total. The van der Waals surface area contributed by atoms with Crippen molar-refractivity contribution in [2.45, 2.75) is 0 Å². The predicted octanol–water partition coefficient (Wildman–Crippen LogP) is -0.190. The summed E-state index contributed by atoms with van der Waals surface area (Å²) in [4.78, 5) is 32.7. The Hall–Kier alpha value is -2.44. The Labute approximate surface area is 88.7 Å². The van der Waals surface area contributed by atoms with Crippen LogP contribution in [0.25, 0.3) is 11.2 Å². The van der Waals surface area contributed by atoms with E-state index in [-0.39, 0.29) is 11.2 Å². The first-order valence-electron chi connectivity index (χ1n) is 4.29. The Morgan fingerprint density at radius 2 is 2.12 bits per heavy atom. The Kier molecular flexibility index (Phi) is 2.28. The highest BCUT2D eigenvalue weighted by Crippen LogP contribution is 2.21. The van der Waals surface area contributed by atoms with Crippen LogP contribution < -0.4 is 5.56 Å². The first-order valence-corrected chi connectivity index (χ1v) is 4.29. The average molecular weight is 221 g/mol. The monoisotopic (exact) mass is 221 g/mol. The molecule has 7 heteroatoms. The highest BCUT2D eigenvalue weighted by atomic mass is 16.5. The van der Waals surface area contributed by atoms with E-state index in [0.717, 1.165) is 7.11 Å². The van der Waals surface area contributed by atoms with Gasteiger partial charge in [0, 0.05) is 12.4 Å². The minimum Gasteiger partial charge on any atom is -0.505 e. The van der Waals surface area contributed by atoms with E-state index < -0.39 is 22.8 Å². The molecule has 0 aliphatic carbocycles. The van der Waals surface area contributed by atoms with Gasteiger partial charge < -0.3 is 14.8 Å². The van der Waals surface area contributed by atoms with Gasteiger partial charge in [-0.1, -0.05) is 0 Å². The van der Waals surface area contributed by atoms with E-state index in [1.54, 1.807) is 0 Å². The van der Waals surface area contributed by atoms with Crippen molar-refractivity contribution in [3.05, 3.63) is 28.3 Å². The maximum absolute atomic E-state index is 11.5. The molecule has 7 nitrogen and oxygen atoms in total. The Morgan fingerprint density at radius 1 is 1.44 bits per heavy atom. The number of pyridine rings is 1. The van der Waals surface area contributed by atoms with Crippen LogP contribution in [0.1, 0.15) is 10.4 Å². The van der Waals surface area contributed by atoms with E-state index in [1.807, 2.05) is 0 Å². The van der Waals surface area contributed by atoms with Crippen molar-refractivity contribution >= 4 is 17.1 Å². The van der Waals surface area contributed by atoms with Gasteiger partial charge >= 0.3 is 5.97 Å². The molecular weight excluding hydrogens is 214 g/mol. The van der Waals surface area contributed by atoms with E-state index in [1.165, 1.54) is 12.4 Å². The molecule has 0 saturated carbocycles. The number of aromatic nitrogens is 3. The van der Waals surface area contributed by atoms with Crippen LogP contribution in [0, 0.1) is 0 Å². The van der Waals surface area contributed by atoms with Gasteiger partial charge in [0.2, 0.25) is 0 Å². The summed E-state index contributed by atoms with van der Waals surface area (Å²) >= 11 is 0. The lowest BCUT2D eigenvalue weighted by atomic mass is 10.2. The van der Waals surface area contributed by atoms with Crippen molar-refractivity contribution in [3.63, 3.8) is 0 Å². The van der Waals surface area contributed by atoms with Crippen molar-refractivity contribution in [3.8, 4) is 5.75 Å². The second-order valence-corrected chi connectivity index (χ2v) is 2.92. The molecule has 82 valence electrons. The Bertz CT molecular complexity index is 620. The highest BCUT2D eigenvalue weighted by Gasteiger charge is 2.20. The first-order chi connectivity index (χ1) is 7.65. The van der Waals surface area contributed by atoms with Crippen LogP contribution in [-0.2, 0) is 4.74 Å². The fraction of sp³-hybridized carbons (Fsp3) is 0.111. The zero-order valence-corrected chi connectivity index (χ0v) is 8.22. The van der Waals surface area contributed by atoms with Crippen LogP contribution in [-0.4, -0.2) is 33.1 Å². The number of nitrogens with one attached hydrogen (secondary N) is 1. The summed E-state index contributed by atoms with van der Waals surface area (Å²) in [5.41, 5.74) is -1.09. The molecule has 0 saturated heterocycles. The quantitative estimate of drug-likeness (QED) is 0.646. The molecule has 0 bridgehead atoms. The van der Waals surface area contributed by atoms with E-state index in [4.69, 9.17) is 0 Å². The molecule has 0 spiro atoms. The molecule has 2 aromatic rings. The van der Waals surface area contributed by atoms with Gasteiger partial charge in [-0.3, -0.25) is 4.79 Å². The van der Waals surface area contributed by atoms with Crippen molar-refractivity contribution < 1.29 is 14.6 Å². The van der Waals surface area contributed by atoms with Crippen LogP contribution in [0.15, 0.2) is 17.2 Å². The number of carbonyl (C=O) groups excluding carboxylic acids is 1. The summed E-state index contributed by atoms with van der Waals surface area (Å²) in [6, 6.07) is 0. The first kappa shape index (κ1) is 10.1. The maximum Gasteiger partial charge on any atom is 0.347 e. The summed E-state index contributed by atoms with van der Waals surface area (Å²) in [5.74, 6) is -1.45. The lowest BCUT2D eigenvalue weighted by Crippen LogP contribution is -2.19. The molecule has 0 unspecified atom stereocenters. The van der Waals surface area contributed by atoms with Gasteiger partial charge in [-0.15, -0.1) is 0 Å². The number of aromatic amines is 1. The second-order valence-electron chi connectivity index (χ2n) is 2.92. The van der Waals surface area contributed by atoms with E-state index in [0.29, 0.717) is 0 Å². The third-order valence-corrected chi connectivity index (χ3v) is 2.01. The van der Waals surface area contributed by atoms with Crippen molar-refractivity contribution in [1.82, 2.24) is 15.0 Å². The smallest absolute Gasteiger partial charge is 0.347 e. The number of H-pyrrole nitrogens is 1. The molecular formula is C9H7N3O4. The van der Waals surface area contributed by atoms with Gasteiger partial charge in [0.1, 0.15) is 5.52 Å². The van der Waals surface area contributed by atoms with Crippen LogP contribution in [0.4, 0.5) is 0 Å². The normalized spacial score (nSPS) is 10.3. The van der Waals surface area contributed by atoms with Gasteiger partial charge in [-0.25, -0.2) is 14.8 Å². The number of fused-ring (bicyclic) bond motifs is 1. The van der Waals surface area contributed by atoms with E-state index in [2.05, 4.69) is 19.7 Å². The number of methoxy groups -OCH3 is 1. The Balaban J connectivity index is 2.86. The highest BCUT2D eigenvalue weighted by molar-refractivity contribution is 5.97. The Morgan fingerprint density at radius 3 is 2.81 bits per heavy atom. The summed E-state index contributed by atoms with van der Waals surface area (Å²) in [7, 11) is 1.11. The van der Waals surface area contributed by atoms with Gasteiger partial charge in [-0.05, 0) is 0 Å². The molecule has 0 amide bonds. The number of esters is 1.